The predicted molar refractivity (Wildman–Crippen MR) is 84.5 cm³/mol. The van der Waals surface area contributed by atoms with Crippen LogP contribution in [0.5, 0.6) is 0 Å². The summed E-state index contributed by atoms with van der Waals surface area (Å²) in [7, 11) is 2.13. The van der Waals surface area contributed by atoms with Gasteiger partial charge in [-0.05, 0) is 47.6 Å². The van der Waals surface area contributed by atoms with Crippen LogP contribution in [0.2, 0.25) is 0 Å². The van der Waals surface area contributed by atoms with Crippen LogP contribution >= 0.6 is 31.9 Å². The van der Waals surface area contributed by atoms with Crippen LogP contribution in [0.3, 0.4) is 0 Å². The number of hydrogen-bond acceptors (Lipinski definition) is 2. The lowest BCUT2D eigenvalue weighted by Gasteiger charge is -2.39. The molecule has 1 saturated heterocycles. The second-order valence-electron chi connectivity index (χ2n) is 4.92. The highest BCUT2D eigenvalue weighted by molar-refractivity contribution is 9.11. The van der Waals surface area contributed by atoms with Crippen molar-refractivity contribution in [1.29, 1.82) is 0 Å². The zero-order chi connectivity index (χ0) is 14.0. The average Bonchev–Trinajstić information content (AvgIpc) is 2.38. The molecule has 5 heteroatoms. The van der Waals surface area contributed by atoms with E-state index in [0.717, 1.165) is 40.6 Å². The first-order valence-electron chi connectivity index (χ1n) is 6.47. The van der Waals surface area contributed by atoms with E-state index in [9.17, 15) is 4.79 Å². The molecule has 1 fully saturated rings. The fourth-order valence-corrected chi connectivity index (χ4v) is 3.62. The lowest BCUT2D eigenvalue weighted by molar-refractivity contribution is 0.0541. The van der Waals surface area contributed by atoms with Crippen molar-refractivity contribution >= 4 is 37.8 Å². The molecule has 19 heavy (non-hydrogen) atoms. The first-order chi connectivity index (χ1) is 9.02. The molecule has 0 N–H and O–H groups in total. The van der Waals surface area contributed by atoms with Crippen LogP contribution in [0, 0.1) is 0 Å². The molecule has 1 aromatic carbocycles. The third kappa shape index (κ3) is 3.38. The van der Waals surface area contributed by atoms with Gasteiger partial charge in [-0.25, -0.2) is 0 Å². The van der Waals surface area contributed by atoms with E-state index >= 15 is 0 Å². The third-order valence-electron chi connectivity index (χ3n) is 3.70. The molecule has 3 nitrogen and oxygen atoms in total. The van der Waals surface area contributed by atoms with Crippen LogP contribution in [-0.4, -0.2) is 48.4 Å². The van der Waals surface area contributed by atoms with E-state index in [2.05, 4.69) is 50.7 Å². The molecule has 1 aliphatic heterocycles. The van der Waals surface area contributed by atoms with Gasteiger partial charge in [0, 0.05) is 34.6 Å². The van der Waals surface area contributed by atoms with Crippen molar-refractivity contribution in [3.05, 3.63) is 32.7 Å². The van der Waals surface area contributed by atoms with E-state index in [1.807, 2.05) is 23.1 Å². The molecule has 0 spiro atoms. The summed E-state index contributed by atoms with van der Waals surface area (Å²) in [6.07, 6.45) is 1.07. The molecule has 1 heterocycles. The van der Waals surface area contributed by atoms with E-state index in [1.54, 1.807) is 0 Å². The minimum atomic E-state index is 0.117. The van der Waals surface area contributed by atoms with Gasteiger partial charge in [-0.2, -0.15) is 0 Å². The number of amides is 1. The molecule has 1 aromatic rings. The normalized spacial score (nSPS) is 20.6. The van der Waals surface area contributed by atoms with Gasteiger partial charge in [0.1, 0.15) is 0 Å². The highest BCUT2D eigenvalue weighted by Gasteiger charge is 2.27. The van der Waals surface area contributed by atoms with E-state index < -0.39 is 0 Å². The minimum Gasteiger partial charge on any atom is -0.336 e. The number of likely N-dealkylation sites (N-methyl/N-ethyl adjacent to an activating group) is 1. The van der Waals surface area contributed by atoms with Crippen LogP contribution in [0.15, 0.2) is 27.1 Å². The molecule has 1 aliphatic rings. The zero-order valence-corrected chi connectivity index (χ0v) is 14.4. The average molecular weight is 390 g/mol. The summed E-state index contributed by atoms with van der Waals surface area (Å²) in [6, 6.07) is 6.16. The summed E-state index contributed by atoms with van der Waals surface area (Å²) in [4.78, 5) is 16.9. The summed E-state index contributed by atoms with van der Waals surface area (Å²) in [5.74, 6) is 0.117. The molecule has 0 saturated carbocycles. The molecule has 1 unspecified atom stereocenters. The summed E-state index contributed by atoms with van der Waals surface area (Å²) in [6.45, 7) is 4.73. The second-order valence-corrected chi connectivity index (χ2v) is 6.69. The summed E-state index contributed by atoms with van der Waals surface area (Å²) in [5.41, 5.74) is 0.739. The van der Waals surface area contributed by atoms with Crippen molar-refractivity contribution in [1.82, 2.24) is 9.80 Å². The van der Waals surface area contributed by atoms with Gasteiger partial charge in [-0.1, -0.05) is 22.9 Å². The fraction of sp³-hybridized carbons (Fsp3) is 0.500. The van der Waals surface area contributed by atoms with Crippen molar-refractivity contribution in [2.45, 2.75) is 19.4 Å². The third-order valence-corrected chi connectivity index (χ3v) is 4.85. The van der Waals surface area contributed by atoms with Gasteiger partial charge in [0.05, 0.1) is 5.56 Å². The number of halogens is 2. The Balaban J connectivity index is 2.15. The van der Waals surface area contributed by atoms with Crippen LogP contribution in [0.1, 0.15) is 23.7 Å². The molecule has 0 aliphatic carbocycles. The molecule has 1 atom stereocenters. The van der Waals surface area contributed by atoms with Crippen molar-refractivity contribution in [2.24, 2.45) is 0 Å². The molecular weight excluding hydrogens is 372 g/mol. The first kappa shape index (κ1) is 15.0. The molecule has 104 valence electrons. The van der Waals surface area contributed by atoms with Crippen molar-refractivity contribution in [2.75, 3.05) is 26.7 Å². The second kappa shape index (κ2) is 6.37. The highest BCUT2D eigenvalue weighted by Crippen LogP contribution is 2.24. The van der Waals surface area contributed by atoms with E-state index in [-0.39, 0.29) is 5.91 Å². The predicted octanol–water partition coefficient (Wildman–Crippen LogP) is 3.38. The maximum absolute atomic E-state index is 12.6. The Morgan fingerprint density at radius 3 is 2.74 bits per heavy atom. The Kier molecular flexibility index (Phi) is 5.03. The van der Waals surface area contributed by atoms with Gasteiger partial charge in [0.15, 0.2) is 0 Å². The lowest BCUT2D eigenvalue weighted by Crippen LogP contribution is -2.53. The minimum absolute atomic E-state index is 0.117. The smallest absolute Gasteiger partial charge is 0.255 e. The number of piperazine rings is 1. The van der Waals surface area contributed by atoms with Gasteiger partial charge in [0.2, 0.25) is 0 Å². The number of hydrogen-bond donors (Lipinski definition) is 0. The van der Waals surface area contributed by atoms with Crippen molar-refractivity contribution in [3.63, 3.8) is 0 Å². The number of benzene rings is 1. The first-order valence-corrected chi connectivity index (χ1v) is 8.06. The van der Waals surface area contributed by atoms with Crippen LogP contribution < -0.4 is 0 Å². The Morgan fingerprint density at radius 2 is 2.11 bits per heavy atom. The summed E-state index contributed by atoms with van der Waals surface area (Å²) < 4.78 is 1.82. The molecule has 0 aromatic heterocycles. The number of carbonyl (C=O) groups is 1. The van der Waals surface area contributed by atoms with Crippen molar-refractivity contribution < 1.29 is 4.79 Å². The van der Waals surface area contributed by atoms with Gasteiger partial charge in [0.25, 0.3) is 5.91 Å². The highest BCUT2D eigenvalue weighted by atomic mass is 79.9. The molecule has 0 radical (unpaired) electrons. The quantitative estimate of drug-likeness (QED) is 0.774. The van der Waals surface area contributed by atoms with Gasteiger partial charge in [-0.15, -0.1) is 0 Å². The lowest BCUT2D eigenvalue weighted by atomic mass is 10.1. The van der Waals surface area contributed by atoms with Crippen LogP contribution in [-0.2, 0) is 0 Å². The molecular formula is C14H18Br2N2O. The van der Waals surface area contributed by atoms with E-state index in [1.165, 1.54) is 0 Å². The van der Waals surface area contributed by atoms with Crippen molar-refractivity contribution in [3.8, 4) is 0 Å². The maximum Gasteiger partial charge on any atom is 0.255 e. The number of carbonyl (C=O) groups excluding carboxylic acids is 1. The SMILES string of the molecule is CCC1CN(C(=O)c2ccc(Br)cc2Br)CCN1C. The molecule has 0 bridgehead atoms. The van der Waals surface area contributed by atoms with Crippen LogP contribution in [0.4, 0.5) is 0 Å². The Bertz CT molecular complexity index is 479. The topological polar surface area (TPSA) is 23.6 Å². The monoisotopic (exact) mass is 388 g/mol. The summed E-state index contributed by atoms with van der Waals surface area (Å²) in [5, 5.41) is 0. The Morgan fingerprint density at radius 1 is 1.37 bits per heavy atom. The Hall–Kier alpha value is -0.390. The van der Waals surface area contributed by atoms with Gasteiger partial charge in [-0.3, -0.25) is 9.69 Å². The maximum atomic E-state index is 12.6. The molecule has 1 amide bonds. The van der Waals surface area contributed by atoms with Gasteiger partial charge >= 0.3 is 0 Å². The van der Waals surface area contributed by atoms with Crippen LogP contribution in [0.25, 0.3) is 0 Å². The summed E-state index contributed by atoms with van der Waals surface area (Å²) >= 11 is 6.88. The standard InChI is InChI=1S/C14H18Br2N2O/c1-3-11-9-18(7-6-17(11)2)14(19)12-5-4-10(15)8-13(12)16/h4-5,8,11H,3,6-7,9H2,1-2H3. The number of rotatable bonds is 2. The van der Waals surface area contributed by atoms with Gasteiger partial charge < -0.3 is 4.90 Å². The Labute approximate surface area is 131 Å². The van der Waals surface area contributed by atoms with E-state index in [4.69, 9.17) is 0 Å². The molecule has 2 rings (SSSR count). The largest absolute Gasteiger partial charge is 0.336 e. The fourth-order valence-electron chi connectivity index (χ4n) is 2.40. The number of nitrogens with zero attached hydrogens (tertiary/aromatic N) is 2. The van der Waals surface area contributed by atoms with E-state index in [0.29, 0.717) is 6.04 Å². The zero-order valence-electron chi connectivity index (χ0n) is 11.2.